The summed E-state index contributed by atoms with van der Waals surface area (Å²) in [7, 11) is 0. The first-order chi connectivity index (χ1) is 14.9. The maximum absolute atomic E-state index is 14.7. The van der Waals surface area contributed by atoms with E-state index in [1.807, 2.05) is 0 Å². The fraction of sp³-hybridized carbons (Fsp3) is 0.348. The highest BCUT2D eigenvalue weighted by Crippen LogP contribution is 2.21. The van der Waals surface area contributed by atoms with Gasteiger partial charge < -0.3 is 20.5 Å². The topological polar surface area (TPSA) is 105 Å². The molecule has 0 unspecified atom stereocenters. The number of alkyl halides is 2. The SMILES string of the molecule is CC(C)(C)OC(=O)N[C@@H](Cc1ccc(O)cc1)C(=O)C(F)(F)C(=O)NCc1ccccc1. The third kappa shape index (κ3) is 7.33. The van der Waals surface area contributed by atoms with Crippen molar-refractivity contribution in [1.29, 1.82) is 0 Å². The lowest BCUT2D eigenvalue weighted by Crippen LogP contribution is -2.55. The molecule has 3 N–H and O–H groups in total. The van der Waals surface area contributed by atoms with Crippen LogP contribution in [0.2, 0.25) is 0 Å². The second kappa shape index (κ2) is 10.2. The van der Waals surface area contributed by atoms with Gasteiger partial charge in [0.15, 0.2) is 0 Å². The summed E-state index contributed by atoms with van der Waals surface area (Å²) in [5.74, 6) is -8.00. The second-order valence-corrected chi connectivity index (χ2v) is 8.18. The van der Waals surface area contributed by atoms with Gasteiger partial charge >= 0.3 is 12.0 Å². The molecular formula is C23H26F2N2O5. The molecule has 0 fully saturated rings. The van der Waals surface area contributed by atoms with Crippen molar-refractivity contribution in [2.24, 2.45) is 0 Å². The lowest BCUT2D eigenvalue weighted by atomic mass is 9.98. The predicted octanol–water partition coefficient (Wildman–Crippen LogP) is 3.35. The van der Waals surface area contributed by atoms with Crippen LogP contribution in [0, 0.1) is 0 Å². The molecule has 2 amide bonds. The van der Waals surface area contributed by atoms with Gasteiger partial charge in [-0.1, -0.05) is 42.5 Å². The number of ketones is 1. The number of aromatic hydroxyl groups is 1. The number of phenolic OH excluding ortho intramolecular Hbond substituents is 1. The highest BCUT2D eigenvalue weighted by molar-refractivity contribution is 6.10. The molecule has 0 radical (unpaired) electrons. The third-order valence-electron chi connectivity index (χ3n) is 4.27. The first-order valence-corrected chi connectivity index (χ1v) is 9.90. The summed E-state index contributed by atoms with van der Waals surface area (Å²) in [5, 5.41) is 13.6. The number of ether oxygens (including phenoxy) is 1. The Morgan fingerprint density at radius 2 is 1.56 bits per heavy atom. The minimum Gasteiger partial charge on any atom is -0.508 e. The van der Waals surface area contributed by atoms with Gasteiger partial charge in [0.2, 0.25) is 5.78 Å². The van der Waals surface area contributed by atoms with Crippen molar-refractivity contribution in [1.82, 2.24) is 10.6 Å². The van der Waals surface area contributed by atoms with E-state index in [0.717, 1.165) is 0 Å². The summed E-state index contributed by atoms with van der Waals surface area (Å²) < 4.78 is 34.5. The third-order valence-corrected chi connectivity index (χ3v) is 4.27. The van der Waals surface area contributed by atoms with E-state index in [-0.39, 0.29) is 18.7 Å². The minimum atomic E-state index is -4.40. The minimum absolute atomic E-state index is 0.0534. The zero-order valence-electron chi connectivity index (χ0n) is 18.0. The van der Waals surface area contributed by atoms with Crippen molar-refractivity contribution in [2.45, 2.75) is 51.3 Å². The van der Waals surface area contributed by atoms with Crippen LogP contribution in [0.1, 0.15) is 31.9 Å². The number of amides is 2. The van der Waals surface area contributed by atoms with Crippen molar-refractivity contribution in [2.75, 3.05) is 0 Å². The van der Waals surface area contributed by atoms with Gasteiger partial charge in [-0.25, -0.2) is 4.79 Å². The molecule has 7 nitrogen and oxygen atoms in total. The number of rotatable bonds is 8. The van der Waals surface area contributed by atoms with Crippen LogP contribution in [0.4, 0.5) is 13.6 Å². The summed E-state index contributed by atoms with van der Waals surface area (Å²) >= 11 is 0. The number of phenols is 1. The molecule has 0 saturated heterocycles. The summed E-state index contributed by atoms with van der Waals surface area (Å²) in [4.78, 5) is 37.0. The molecule has 0 bridgehead atoms. The summed E-state index contributed by atoms with van der Waals surface area (Å²) in [6, 6.07) is 12.1. The van der Waals surface area contributed by atoms with Crippen molar-refractivity contribution < 1.29 is 33.0 Å². The Balaban J connectivity index is 2.18. The number of halogens is 2. The number of carbonyl (C=O) groups is 3. The number of nitrogens with one attached hydrogen (secondary N) is 2. The quantitative estimate of drug-likeness (QED) is 0.538. The number of hydrogen-bond acceptors (Lipinski definition) is 5. The summed E-state index contributed by atoms with van der Waals surface area (Å²) in [6.45, 7) is 4.55. The van der Waals surface area contributed by atoms with Gasteiger partial charge in [0.1, 0.15) is 17.4 Å². The van der Waals surface area contributed by atoms with Crippen molar-refractivity contribution in [3.05, 3.63) is 65.7 Å². The average Bonchev–Trinajstić information content (AvgIpc) is 2.71. The molecule has 0 heterocycles. The molecule has 172 valence electrons. The second-order valence-electron chi connectivity index (χ2n) is 8.18. The van der Waals surface area contributed by atoms with Gasteiger partial charge in [-0.3, -0.25) is 9.59 Å². The Morgan fingerprint density at radius 1 is 0.969 bits per heavy atom. The lowest BCUT2D eigenvalue weighted by Gasteiger charge is -2.25. The molecular weight excluding hydrogens is 422 g/mol. The van der Waals surface area contributed by atoms with E-state index in [4.69, 9.17) is 4.74 Å². The smallest absolute Gasteiger partial charge is 0.408 e. The summed E-state index contributed by atoms with van der Waals surface area (Å²) in [5.41, 5.74) is 0.0422. The number of carbonyl (C=O) groups excluding carboxylic acids is 3. The van der Waals surface area contributed by atoms with E-state index in [1.165, 1.54) is 24.3 Å². The van der Waals surface area contributed by atoms with Gasteiger partial charge in [0, 0.05) is 13.0 Å². The van der Waals surface area contributed by atoms with Gasteiger partial charge in [-0.2, -0.15) is 8.78 Å². The molecule has 0 aromatic heterocycles. The van der Waals surface area contributed by atoms with E-state index >= 15 is 0 Å². The number of benzene rings is 2. The maximum atomic E-state index is 14.7. The highest BCUT2D eigenvalue weighted by Gasteiger charge is 2.50. The molecule has 2 aromatic rings. The van der Waals surface area contributed by atoms with Gasteiger partial charge in [0.25, 0.3) is 5.91 Å². The van der Waals surface area contributed by atoms with E-state index in [1.54, 1.807) is 51.1 Å². The normalized spacial score (nSPS) is 12.5. The monoisotopic (exact) mass is 448 g/mol. The zero-order chi connectivity index (χ0) is 23.9. The first kappa shape index (κ1) is 24.8. The molecule has 9 heteroatoms. The molecule has 0 aliphatic carbocycles. The Morgan fingerprint density at radius 3 is 2.12 bits per heavy atom. The number of hydrogen-bond donors (Lipinski definition) is 3. The van der Waals surface area contributed by atoms with E-state index < -0.39 is 35.3 Å². The van der Waals surface area contributed by atoms with Crippen LogP contribution in [-0.2, 0) is 27.3 Å². The average molecular weight is 448 g/mol. The Bertz CT molecular complexity index is 941. The zero-order valence-corrected chi connectivity index (χ0v) is 18.0. The Hall–Kier alpha value is -3.49. The predicted molar refractivity (Wildman–Crippen MR) is 113 cm³/mol. The van der Waals surface area contributed by atoms with Gasteiger partial charge in [-0.15, -0.1) is 0 Å². The number of alkyl carbamates (subject to hydrolysis) is 1. The largest absolute Gasteiger partial charge is 0.508 e. The fourth-order valence-electron chi connectivity index (χ4n) is 2.75. The molecule has 32 heavy (non-hydrogen) atoms. The van der Waals surface area contributed by atoms with Crippen molar-refractivity contribution in [3.63, 3.8) is 0 Å². The molecule has 1 atom stereocenters. The molecule has 2 aromatic carbocycles. The van der Waals surface area contributed by atoms with Crippen LogP contribution in [0.15, 0.2) is 54.6 Å². The molecule has 0 spiro atoms. The number of Topliss-reactive ketones (excluding diaryl/α,β-unsaturated/α-hetero) is 1. The van der Waals surface area contributed by atoms with Crippen LogP contribution in [0.3, 0.4) is 0 Å². The summed E-state index contributed by atoms with van der Waals surface area (Å²) in [6.07, 6.45) is -1.41. The maximum Gasteiger partial charge on any atom is 0.408 e. The van der Waals surface area contributed by atoms with Crippen molar-refractivity contribution in [3.8, 4) is 5.75 Å². The first-order valence-electron chi connectivity index (χ1n) is 9.90. The van der Waals surface area contributed by atoms with Crippen LogP contribution < -0.4 is 10.6 Å². The lowest BCUT2D eigenvalue weighted by molar-refractivity contribution is -0.159. The fourth-order valence-corrected chi connectivity index (χ4v) is 2.75. The van der Waals surface area contributed by atoms with Crippen LogP contribution in [-0.4, -0.2) is 40.5 Å². The van der Waals surface area contributed by atoms with Gasteiger partial charge in [0.05, 0.1) is 0 Å². The molecule has 0 saturated carbocycles. The van der Waals surface area contributed by atoms with E-state index in [2.05, 4.69) is 10.6 Å². The van der Waals surface area contributed by atoms with Gasteiger partial charge in [-0.05, 0) is 44.0 Å². The molecule has 2 rings (SSSR count). The van der Waals surface area contributed by atoms with E-state index in [0.29, 0.717) is 11.1 Å². The Kier molecular flexibility index (Phi) is 7.91. The Labute approximate surface area is 184 Å². The van der Waals surface area contributed by atoms with Crippen LogP contribution >= 0.6 is 0 Å². The standard InChI is InChI=1S/C23H26F2N2O5/c1-22(2,3)32-21(31)27-18(13-15-9-11-17(28)12-10-15)19(29)23(24,25)20(30)26-14-16-7-5-4-6-8-16/h4-12,18,28H,13-14H2,1-3H3,(H,26,30)(H,27,31)/t18-/m0/s1. The van der Waals surface area contributed by atoms with Crippen LogP contribution in [0.5, 0.6) is 5.75 Å². The van der Waals surface area contributed by atoms with Crippen LogP contribution in [0.25, 0.3) is 0 Å². The molecule has 0 aliphatic rings. The van der Waals surface area contributed by atoms with Crippen molar-refractivity contribution >= 4 is 17.8 Å². The molecule has 0 aliphatic heterocycles. The highest BCUT2D eigenvalue weighted by atomic mass is 19.3. The van der Waals surface area contributed by atoms with E-state index in [9.17, 15) is 28.3 Å².